The molecule has 1 rings (SSSR count). The van der Waals surface area contributed by atoms with Crippen molar-refractivity contribution < 1.29 is 14.6 Å². The van der Waals surface area contributed by atoms with Crippen LogP contribution in [0.4, 0.5) is 0 Å². The van der Waals surface area contributed by atoms with Gasteiger partial charge in [-0.3, -0.25) is 4.79 Å². The van der Waals surface area contributed by atoms with Gasteiger partial charge in [0.15, 0.2) is 0 Å². The number of aliphatic hydroxyl groups is 1. The minimum atomic E-state index is -0.723. The Kier molecular flexibility index (Phi) is 5.36. The van der Waals surface area contributed by atoms with E-state index in [4.69, 9.17) is 4.74 Å². The monoisotopic (exact) mass is 265 g/mol. The quantitative estimate of drug-likeness (QED) is 0.858. The lowest BCUT2D eigenvalue weighted by Crippen LogP contribution is -2.31. The van der Waals surface area contributed by atoms with Crippen molar-refractivity contribution in [2.24, 2.45) is 5.41 Å². The molecular formula is C15H23NO3. The van der Waals surface area contributed by atoms with Gasteiger partial charge >= 0.3 is 0 Å². The van der Waals surface area contributed by atoms with E-state index in [1.54, 1.807) is 13.2 Å². The third-order valence-corrected chi connectivity index (χ3v) is 2.66. The molecule has 1 amide bonds. The zero-order valence-corrected chi connectivity index (χ0v) is 12.1. The second kappa shape index (κ2) is 6.57. The smallest absolute Gasteiger partial charge is 0.220 e. The molecule has 0 heterocycles. The SMILES string of the molecule is COc1cccc(C(O)CNC(=O)CC(C)(C)C)c1. The lowest BCUT2D eigenvalue weighted by atomic mass is 9.92. The van der Waals surface area contributed by atoms with E-state index >= 15 is 0 Å². The summed E-state index contributed by atoms with van der Waals surface area (Å²) in [5, 5.41) is 12.8. The Morgan fingerprint density at radius 2 is 2.11 bits per heavy atom. The van der Waals surface area contributed by atoms with Crippen molar-refractivity contribution in [1.29, 1.82) is 0 Å². The van der Waals surface area contributed by atoms with Crippen molar-refractivity contribution in [3.8, 4) is 5.75 Å². The lowest BCUT2D eigenvalue weighted by Gasteiger charge is -2.18. The second-order valence-corrected chi connectivity index (χ2v) is 5.83. The van der Waals surface area contributed by atoms with E-state index < -0.39 is 6.10 Å². The molecule has 4 nitrogen and oxygen atoms in total. The summed E-state index contributed by atoms with van der Waals surface area (Å²) in [4.78, 5) is 11.7. The van der Waals surface area contributed by atoms with Crippen LogP contribution in [0.3, 0.4) is 0 Å². The Bertz CT molecular complexity index is 424. The second-order valence-electron chi connectivity index (χ2n) is 5.83. The van der Waals surface area contributed by atoms with Crippen LogP contribution in [0.2, 0.25) is 0 Å². The van der Waals surface area contributed by atoms with Gasteiger partial charge in [0.05, 0.1) is 13.2 Å². The summed E-state index contributed by atoms with van der Waals surface area (Å²) in [5.74, 6) is 0.645. The minimum absolute atomic E-state index is 0.0468. The summed E-state index contributed by atoms with van der Waals surface area (Å²) in [6.07, 6.45) is -0.281. The molecule has 4 heteroatoms. The van der Waals surface area contributed by atoms with Crippen molar-refractivity contribution in [2.75, 3.05) is 13.7 Å². The predicted molar refractivity (Wildman–Crippen MR) is 75.0 cm³/mol. The average Bonchev–Trinajstić information content (AvgIpc) is 2.34. The molecule has 0 saturated heterocycles. The van der Waals surface area contributed by atoms with E-state index in [-0.39, 0.29) is 17.9 Å². The van der Waals surface area contributed by atoms with Gasteiger partial charge in [-0.2, -0.15) is 0 Å². The number of methoxy groups -OCH3 is 1. The Morgan fingerprint density at radius 1 is 1.42 bits per heavy atom. The number of hydrogen-bond donors (Lipinski definition) is 2. The molecule has 0 aromatic heterocycles. The maximum Gasteiger partial charge on any atom is 0.220 e. The summed E-state index contributed by atoms with van der Waals surface area (Å²) in [6.45, 7) is 6.23. The molecule has 0 fully saturated rings. The third-order valence-electron chi connectivity index (χ3n) is 2.66. The van der Waals surface area contributed by atoms with Crippen LogP contribution in [0.25, 0.3) is 0 Å². The molecule has 19 heavy (non-hydrogen) atoms. The Labute approximate surface area is 114 Å². The van der Waals surface area contributed by atoms with Gasteiger partial charge in [0, 0.05) is 13.0 Å². The Hall–Kier alpha value is -1.55. The number of rotatable bonds is 5. The van der Waals surface area contributed by atoms with Crippen LogP contribution in [0, 0.1) is 5.41 Å². The number of carbonyl (C=O) groups is 1. The average molecular weight is 265 g/mol. The number of carbonyl (C=O) groups excluding carboxylic acids is 1. The van der Waals surface area contributed by atoms with Gasteiger partial charge in [-0.15, -0.1) is 0 Å². The number of ether oxygens (including phenoxy) is 1. The molecule has 1 atom stereocenters. The molecule has 1 aromatic carbocycles. The molecule has 0 aliphatic carbocycles. The maximum atomic E-state index is 11.7. The third kappa shape index (κ3) is 5.75. The van der Waals surface area contributed by atoms with Crippen molar-refractivity contribution in [3.05, 3.63) is 29.8 Å². The number of nitrogens with one attached hydrogen (secondary N) is 1. The maximum absolute atomic E-state index is 11.7. The van der Waals surface area contributed by atoms with Crippen molar-refractivity contribution in [3.63, 3.8) is 0 Å². The molecule has 0 aliphatic heterocycles. The van der Waals surface area contributed by atoms with Crippen LogP contribution in [0.15, 0.2) is 24.3 Å². The van der Waals surface area contributed by atoms with Gasteiger partial charge in [0.2, 0.25) is 5.91 Å². The number of amides is 1. The van der Waals surface area contributed by atoms with Gasteiger partial charge in [-0.1, -0.05) is 32.9 Å². The van der Waals surface area contributed by atoms with E-state index in [0.29, 0.717) is 12.2 Å². The molecule has 0 saturated carbocycles. The molecule has 1 aromatic rings. The molecule has 2 N–H and O–H groups in total. The van der Waals surface area contributed by atoms with Crippen LogP contribution in [-0.4, -0.2) is 24.7 Å². The molecule has 106 valence electrons. The molecular weight excluding hydrogens is 242 g/mol. The highest BCUT2D eigenvalue weighted by Gasteiger charge is 2.17. The lowest BCUT2D eigenvalue weighted by molar-refractivity contribution is -0.123. The van der Waals surface area contributed by atoms with E-state index in [1.807, 2.05) is 39.0 Å². The minimum Gasteiger partial charge on any atom is -0.497 e. The highest BCUT2D eigenvalue weighted by Crippen LogP contribution is 2.20. The molecule has 0 radical (unpaired) electrons. The first-order valence-corrected chi connectivity index (χ1v) is 6.40. The summed E-state index contributed by atoms with van der Waals surface area (Å²) in [5.41, 5.74) is 0.681. The van der Waals surface area contributed by atoms with E-state index in [1.165, 1.54) is 0 Å². The number of aliphatic hydroxyl groups excluding tert-OH is 1. The first-order chi connectivity index (χ1) is 8.81. The number of benzene rings is 1. The zero-order chi connectivity index (χ0) is 14.5. The van der Waals surface area contributed by atoms with E-state index in [9.17, 15) is 9.90 Å². The summed E-state index contributed by atoms with van der Waals surface area (Å²) in [6, 6.07) is 7.20. The summed E-state index contributed by atoms with van der Waals surface area (Å²) < 4.78 is 5.10. The molecule has 1 unspecified atom stereocenters. The van der Waals surface area contributed by atoms with Gasteiger partial charge < -0.3 is 15.2 Å². The summed E-state index contributed by atoms with van der Waals surface area (Å²) in [7, 11) is 1.58. The van der Waals surface area contributed by atoms with Gasteiger partial charge in [-0.25, -0.2) is 0 Å². The Balaban J connectivity index is 2.51. The fourth-order valence-electron chi connectivity index (χ4n) is 1.72. The summed E-state index contributed by atoms with van der Waals surface area (Å²) >= 11 is 0. The number of hydrogen-bond acceptors (Lipinski definition) is 3. The molecule has 0 aliphatic rings. The standard InChI is InChI=1S/C15H23NO3/c1-15(2,3)9-14(18)16-10-13(17)11-6-5-7-12(8-11)19-4/h5-8,13,17H,9-10H2,1-4H3,(H,16,18). The van der Waals surface area contributed by atoms with Crippen LogP contribution >= 0.6 is 0 Å². The van der Waals surface area contributed by atoms with Gasteiger partial charge in [0.25, 0.3) is 0 Å². The topological polar surface area (TPSA) is 58.6 Å². The van der Waals surface area contributed by atoms with Crippen molar-refractivity contribution in [1.82, 2.24) is 5.32 Å². The first-order valence-electron chi connectivity index (χ1n) is 6.40. The van der Waals surface area contributed by atoms with Crippen LogP contribution in [-0.2, 0) is 4.79 Å². The molecule has 0 spiro atoms. The van der Waals surface area contributed by atoms with Gasteiger partial charge in [-0.05, 0) is 23.1 Å². The first kappa shape index (κ1) is 15.5. The van der Waals surface area contributed by atoms with Crippen molar-refractivity contribution >= 4 is 5.91 Å². The van der Waals surface area contributed by atoms with E-state index in [2.05, 4.69) is 5.32 Å². The largest absolute Gasteiger partial charge is 0.497 e. The van der Waals surface area contributed by atoms with Crippen molar-refractivity contribution in [2.45, 2.75) is 33.3 Å². The zero-order valence-electron chi connectivity index (χ0n) is 12.1. The molecule has 0 bridgehead atoms. The predicted octanol–water partition coefficient (Wildman–Crippen LogP) is 2.28. The fraction of sp³-hybridized carbons (Fsp3) is 0.533. The highest BCUT2D eigenvalue weighted by molar-refractivity contribution is 5.76. The van der Waals surface area contributed by atoms with Crippen LogP contribution < -0.4 is 10.1 Å². The fourth-order valence-corrected chi connectivity index (χ4v) is 1.72. The van der Waals surface area contributed by atoms with E-state index in [0.717, 1.165) is 5.56 Å². The van der Waals surface area contributed by atoms with Crippen LogP contribution in [0.1, 0.15) is 38.9 Å². The van der Waals surface area contributed by atoms with Crippen LogP contribution in [0.5, 0.6) is 5.75 Å². The highest BCUT2D eigenvalue weighted by atomic mass is 16.5. The normalized spacial score (nSPS) is 12.9. The van der Waals surface area contributed by atoms with Gasteiger partial charge in [0.1, 0.15) is 5.75 Å². The Morgan fingerprint density at radius 3 is 2.68 bits per heavy atom.